The maximum Gasteiger partial charge on any atom is 0.270 e. The summed E-state index contributed by atoms with van der Waals surface area (Å²) in [7, 11) is 0. The zero-order chi connectivity index (χ0) is 13.1. The van der Waals surface area contributed by atoms with Crippen LogP contribution in [0.25, 0.3) is 0 Å². The van der Waals surface area contributed by atoms with Crippen LogP contribution < -0.4 is 5.32 Å². The number of non-ortho nitro benzene ring substituents is 1. The highest BCUT2D eigenvalue weighted by Gasteiger charge is 2.17. The summed E-state index contributed by atoms with van der Waals surface area (Å²) < 4.78 is 0. The number of benzene rings is 1. The molecule has 1 aliphatic rings. The molecule has 0 aliphatic carbocycles. The van der Waals surface area contributed by atoms with Crippen molar-refractivity contribution in [2.24, 2.45) is 0 Å². The molecule has 0 unspecified atom stereocenters. The Hall–Kier alpha value is -1.17. The standard InChI is InChI=1S/C12H16ClN3O2/c1-9-7-15(5-4-14-9)8-10-2-3-11(16(17)18)6-12(10)13/h2-3,6,9,14H,4-5,7-8H2,1H3/t9-/m0/s1. The first-order valence-corrected chi connectivity index (χ1v) is 6.32. The number of piperazine rings is 1. The van der Waals surface area contributed by atoms with Gasteiger partial charge in [-0.1, -0.05) is 11.6 Å². The van der Waals surface area contributed by atoms with Gasteiger partial charge in [0.1, 0.15) is 0 Å². The second-order valence-corrected chi connectivity index (χ2v) is 5.03. The van der Waals surface area contributed by atoms with E-state index in [9.17, 15) is 10.1 Å². The van der Waals surface area contributed by atoms with Gasteiger partial charge in [-0.3, -0.25) is 15.0 Å². The predicted molar refractivity (Wildman–Crippen MR) is 70.8 cm³/mol. The summed E-state index contributed by atoms with van der Waals surface area (Å²) in [5, 5.41) is 14.5. The number of hydrogen-bond acceptors (Lipinski definition) is 4. The zero-order valence-corrected chi connectivity index (χ0v) is 11.0. The first-order chi connectivity index (χ1) is 8.56. The Labute approximate surface area is 111 Å². The number of nitrogens with zero attached hydrogens (tertiary/aromatic N) is 2. The molecule has 18 heavy (non-hydrogen) atoms. The summed E-state index contributed by atoms with van der Waals surface area (Å²) in [4.78, 5) is 12.5. The molecule has 98 valence electrons. The fourth-order valence-electron chi connectivity index (χ4n) is 2.17. The Kier molecular flexibility index (Phi) is 4.16. The fourth-order valence-corrected chi connectivity index (χ4v) is 2.41. The van der Waals surface area contributed by atoms with E-state index in [4.69, 9.17) is 11.6 Å². The minimum atomic E-state index is -0.428. The summed E-state index contributed by atoms with van der Waals surface area (Å²) in [6.45, 7) is 5.78. The third-order valence-electron chi connectivity index (χ3n) is 3.09. The Morgan fingerprint density at radius 1 is 1.61 bits per heavy atom. The highest BCUT2D eigenvalue weighted by molar-refractivity contribution is 6.31. The van der Waals surface area contributed by atoms with Crippen molar-refractivity contribution in [2.45, 2.75) is 19.5 Å². The lowest BCUT2D eigenvalue weighted by Gasteiger charge is -2.31. The molecule has 2 rings (SSSR count). The van der Waals surface area contributed by atoms with Crippen molar-refractivity contribution < 1.29 is 4.92 Å². The van der Waals surface area contributed by atoms with Gasteiger partial charge in [0.2, 0.25) is 0 Å². The van der Waals surface area contributed by atoms with Gasteiger partial charge in [-0.25, -0.2) is 0 Å². The molecule has 1 saturated heterocycles. The van der Waals surface area contributed by atoms with Gasteiger partial charge in [-0.2, -0.15) is 0 Å². The molecular weight excluding hydrogens is 254 g/mol. The van der Waals surface area contributed by atoms with Gasteiger partial charge in [-0.05, 0) is 18.6 Å². The van der Waals surface area contributed by atoms with Crippen LogP contribution in [0.4, 0.5) is 5.69 Å². The van der Waals surface area contributed by atoms with Gasteiger partial charge in [-0.15, -0.1) is 0 Å². The summed E-state index contributed by atoms with van der Waals surface area (Å²) in [6.07, 6.45) is 0. The first-order valence-electron chi connectivity index (χ1n) is 5.95. The van der Waals surface area contributed by atoms with Crippen LogP contribution in [0.2, 0.25) is 5.02 Å². The van der Waals surface area contributed by atoms with Crippen LogP contribution in [0.1, 0.15) is 12.5 Å². The smallest absolute Gasteiger partial charge is 0.270 e. The average molecular weight is 270 g/mol. The van der Waals surface area contributed by atoms with E-state index in [0.29, 0.717) is 11.1 Å². The molecule has 1 aromatic rings. The SMILES string of the molecule is C[C@H]1CN(Cc2ccc([N+](=O)[O-])cc2Cl)CCN1. The van der Waals surface area contributed by atoms with Gasteiger partial charge < -0.3 is 5.32 Å². The predicted octanol–water partition coefficient (Wildman–Crippen LogP) is 2.04. The third kappa shape index (κ3) is 3.19. The van der Waals surface area contributed by atoms with Crippen LogP contribution >= 0.6 is 11.6 Å². The number of nitro benzene ring substituents is 1. The molecule has 1 N–H and O–H groups in total. The van der Waals surface area contributed by atoms with Crippen LogP contribution in [0.5, 0.6) is 0 Å². The van der Waals surface area contributed by atoms with Crippen LogP contribution in [0, 0.1) is 10.1 Å². The molecule has 5 nitrogen and oxygen atoms in total. The van der Waals surface area contributed by atoms with Gasteiger partial charge in [0.05, 0.1) is 9.95 Å². The molecular formula is C12H16ClN3O2. The van der Waals surface area contributed by atoms with E-state index >= 15 is 0 Å². The summed E-state index contributed by atoms with van der Waals surface area (Å²) in [5.74, 6) is 0. The lowest BCUT2D eigenvalue weighted by Crippen LogP contribution is -2.48. The number of nitrogens with one attached hydrogen (secondary N) is 1. The topological polar surface area (TPSA) is 58.4 Å². The van der Waals surface area contributed by atoms with Gasteiger partial charge >= 0.3 is 0 Å². The second kappa shape index (κ2) is 5.65. The van der Waals surface area contributed by atoms with E-state index in [1.54, 1.807) is 6.07 Å². The number of nitro groups is 1. The summed E-state index contributed by atoms with van der Waals surface area (Å²) >= 11 is 6.08. The molecule has 1 heterocycles. The van der Waals surface area contributed by atoms with Crippen molar-refractivity contribution in [3.8, 4) is 0 Å². The maximum atomic E-state index is 10.6. The normalized spacial score (nSPS) is 20.9. The van der Waals surface area contributed by atoms with Crippen molar-refractivity contribution in [3.63, 3.8) is 0 Å². The molecule has 0 radical (unpaired) electrons. The zero-order valence-electron chi connectivity index (χ0n) is 10.2. The van der Waals surface area contributed by atoms with Crippen LogP contribution in [0.3, 0.4) is 0 Å². The molecule has 6 heteroatoms. The highest BCUT2D eigenvalue weighted by atomic mass is 35.5. The quantitative estimate of drug-likeness (QED) is 0.674. The van der Waals surface area contributed by atoms with E-state index < -0.39 is 4.92 Å². The molecule has 0 saturated carbocycles. The van der Waals surface area contributed by atoms with Gasteiger partial charge in [0.25, 0.3) is 5.69 Å². The Morgan fingerprint density at radius 2 is 2.39 bits per heavy atom. The van der Waals surface area contributed by atoms with Crippen LogP contribution in [-0.4, -0.2) is 35.5 Å². The van der Waals surface area contributed by atoms with Crippen molar-refractivity contribution in [3.05, 3.63) is 38.9 Å². The van der Waals surface area contributed by atoms with E-state index in [2.05, 4.69) is 17.1 Å². The molecule has 0 bridgehead atoms. The number of halogens is 1. The highest BCUT2D eigenvalue weighted by Crippen LogP contribution is 2.23. The minimum Gasteiger partial charge on any atom is -0.312 e. The molecule has 0 spiro atoms. The van der Waals surface area contributed by atoms with E-state index in [1.807, 2.05) is 0 Å². The Balaban J connectivity index is 2.07. The first kappa shape index (κ1) is 13.3. The Morgan fingerprint density at radius 3 is 3.00 bits per heavy atom. The molecule has 0 aromatic heterocycles. The number of hydrogen-bond donors (Lipinski definition) is 1. The number of rotatable bonds is 3. The lowest BCUT2D eigenvalue weighted by molar-refractivity contribution is -0.384. The third-order valence-corrected chi connectivity index (χ3v) is 3.45. The maximum absolute atomic E-state index is 10.6. The molecule has 1 atom stereocenters. The second-order valence-electron chi connectivity index (χ2n) is 4.62. The van der Waals surface area contributed by atoms with Crippen molar-refractivity contribution >= 4 is 17.3 Å². The lowest BCUT2D eigenvalue weighted by atomic mass is 10.1. The minimum absolute atomic E-state index is 0.0393. The van der Waals surface area contributed by atoms with Crippen molar-refractivity contribution in [1.29, 1.82) is 0 Å². The van der Waals surface area contributed by atoms with Crippen molar-refractivity contribution in [1.82, 2.24) is 10.2 Å². The molecule has 1 aliphatic heterocycles. The van der Waals surface area contributed by atoms with Crippen LogP contribution in [-0.2, 0) is 6.54 Å². The monoisotopic (exact) mass is 269 g/mol. The van der Waals surface area contributed by atoms with E-state index in [-0.39, 0.29) is 5.69 Å². The fraction of sp³-hybridized carbons (Fsp3) is 0.500. The molecule has 1 fully saturated rings. The summed E-state index contributed by atoms with van der Waals surface area (Å²) in [6, 6.07) is 5.14. The van der Waals surface area contributed by atoms with Gasteiger partial charge in [0.15, 0.2) is 0 Å². The molecule has 0 amide bonds. The Bertz CT molecular complexity index is 453. The van der Waals surface area contributed by atoms with Gasteiger partial charge in [0, 0.05) is 44.4 Å². The largest absolute Gasteiger partial charge is 0.312 e. The average Bonchev–Trinajstić information content (AvgIpc) is 2.31. The van der Waals surface area contributed by atoms with Crippen molar-refractivity contribution in [2.75, 3.05) is 19.6 Å². The van der Waals surface area contributed by atoms with Crippen LogP contribution in [0.15, 0.2) is 18.2 Å². The van der Waals surface area contributed by atoms with E-state index in [1.165, 1.54) is 12.1 Å². The van der Waals surface area contributed by atoms with E-state index in [0.717, 1.165) is 31.7 Å². The molecule has 1 aromatic carbocycles. The summed E-state index contributed by atoms with van der Waals surface area (Å²) in [5.41, 5.74) is 0.980.